The number of nitrogens with one attached hydrogen (secondary N) is 2. The summed E-state index contributed by atoms with van der Waals surface area (Å²) in [5.74, 6) is -1.28. The van der Waals surface area contributed by atoms with E-state index in [1.54, 1.807) is 6.92 Å². The number of non-ortho nitro benzene ring substituents is 1. The second-order valence-corrected chi connectivity index (χ2v) is 7.62. The fourth-order valence-corrected chi connectivity index (χ4v) is 3.92. The van der Waals surface area contributed by atoms with Gasteiger partial charge in [-0.1, -0.05) is 0 Å². The molecule has 0 aliphatic carbocycles. The smallest absolute Gasteiger partial charge is 0.335 e. The van der Waals surface area contributed by atoms with Crippen molar-refractivity contribution in [3.63, 3.8) is 0 Å². The number of hydrogen-bond donors (Lipinski definition) is 4. The Bertz CT molecular complexity index is 1040. The number of hydrogen-bond acceptors (Lipinski definition) is 7. The summed E-state index contributed by atoms with van der Waals surface area (Å²) in [5, 5.41) is 32.0. The van der Waals surface area contributed by atoms with E-state index in [0.717, 1.165) is 12.1 Å². The van der Waals surface area contributed by atoms with Crippen LogP contribution in [0.15, 0.2) is 35.2 Å². The maximum atomic E-state index is 12.9. The zero-order valence-corrected chi connectivity index (χ0v) is 15.9. The summed E-state index contributed by atoms with van der Waals surface area (Å²) >= 11 is 0. The number of aromatic carboxylic acids is 1. The second kappa shape index (κ2) is 8.23. The third-order valence-corrected chi connectivity index (χ3v) is 5.53. The molecule has 0 unspecified atom stereocenters. The summed E-state index contributed by atoms with van der Waals surface area (Å²) in [5.41, 5.74) is 0.429. The highest BCUT2D eigenvalue weighted by atomic mass is 32.2. The van der Waals surface area contributed by atoms with Gasteiger partial charge in [-0.05, 0) is 43.2 Å². The first-order valence-corrected chi connectivity index (χ1v) is 9.55. The van der Waals surface area contributed by atoms with E-state index in [-0.39, 0.29) is 40.7 Å². The molecule has 2 aromatic rings. The van der Waals surface area contributed by atoms with Gasteiger partial charge in [-0.15, -0.1) is 0 Å². The molecule has 0 saturated heterocycles. The van der Waals surface area contributed by atoms with Crippen molar-refractivity contribution in [2.24, 2.45) is 0 Å². The number of sulfonamides is 1. The Hall–Kier alpha value is -3.18. The van der Waals surface area contributed by atoms with Crippen LogP contribution in [0.4, 0.5) is 17.1 Å². The number of benzene rings is 2. The molecular formula is C17H19N3O7S. The molecule has 0 heterocycles. The zero-order chi connectivity index (χ0) is 21.1. The van der Waals surface area contributed by atoms with Gasteiger partial charge in [0.05, 0.1) is 33.4 Å². The largest absolute Gasteiger partial charge is 0.478 e. The van der Waals surface area contributed by atoms with E-state index in [1.807, 2.05) is 0 Å². The van der Waals surface area contributed by atoms with Crippen LogP contribution in [0.3, 0.4) is 0 Å². The lowest BCUT2D eigenvalue weighted by Crippen LogP contribution is -2.18. The molecule has 0 aliphatic heterocycles. The predicted octanol–water partition coefficient (Wildman–Crippen LogP) is 2.11. The Morgan fingerprint density at radius 1 is 1.18 bits per heavy atom. The number of aliphatic hydroxyl groups is 1. The van der Waals surface area contributed by atoms with Crippen LogP contribution >= 0.6 is 0 Å². The Balaban J connectivity index is 2.56. The Labute approximate surface area is 161 Å². The number of aliphatic hydroxyl groups excluding tert-OH is 1. The number of carbonyl (C=O) groups is 1. The van der Waals surface area contributed by atoms with Gasteiger partial charge in [0.25, 0.3) is 15.7 Å². The fraction of sp³-hybridized carbons (Fsp3) is 0.235. The van der Waals surface area contributed by atoms with E-state index < -0.39 is 20.9 Å². The number of nitrogens with zero attached hydrogens (tertiary/aromatic N) is 1. The average molecular weight is 409 g/mol. The van der Waals surface area contributed by atoms with Crippen LogP contribution in [0.25, 0.3) is 0 Å². The highest BCUT2D eigenvalue weighted by Gasteiger charge is 2.23. The lowest BCUT2D eigenvalue weighted by atomic mass is 10.1. The van der Waals surface area contributed by atoms with Crippen molar-refractivity contribution in [3.8, 4) is 0 Å². The monoisotopic (exact) mass is 409 g/mol. The van der Waals surface area contributed by atoms with Crippen LogP contribution < -0.4 is 10.0 Å². The molecule has 0 saturated carbocycles. The number of nitro benzene ring substituents is 1. The summed E-state index contributed by atoms with van der Waals surface area (Å²) < 4.78 is 28.1. The molecule has 2 aromatic carbocycles. The van der Waals surface area contributed by atoms with E-state index in [9.17, 15) is 28.4 Å². The molecule has 0 bridgehead atoms. The zero-order valence-electron chi connectivity index (χ0n) is 15.1. The van der Waals surface area contributed by atoms with Crippen molar-refractivity contribution < 1.29 is 28.3 Å². The van der Waals surface area contributed by atoms with Gasteiger partial charge >= 0.3 is 5.97 Å². The molecule has 0 fully saturated rings. The summed E-state index contributed by atoms with van der Waals surface area (Å²) in [6, 6.07) is 5.94. The number of anilines is 2. The molecule has 0 spiro atoms. The standard InChI is InChI=1S/C17H19N3O7S/c1-10-7-12(17(22)23)8-16(11(10)2)28(26,27)19-15-9-13(20(24)25)3-4-14(15)18-5-6-21/h3-4,7-9,18-19,21H,5-6H2,1-2H3,(H,22,23). The van der Waals surface area contributed by atoms with Crippen molar-refractivity contribution >= 4 is 33.1 Å². The molecule has 150 valence electrons. The normalized spacial score (nSPS) is 11.1. The molecule has 2 rings (SSSR count). The molecule has 0 radical (unpaired) electrons. The maximum absolute atomic E-state index is 12.9. The van der Waals surface area contributed by atoms with E-state index in [0.29, 0.717) is 11.1 Å². The van der Waals surface area contributed by atoms with Crippen molar-refractivity contribution in [1.82, 2.24) is 0 Å². The highest BCUT2D eigenvalue weighted by Crippen LogP contribution is 2.30. The lowest BCUT2D eigenvalue weighted by molar-refractivity contribution is -0.384. The molecule has 0 aromatic heterocycles. The van der Waals surface area contributed by atoms with Gasteiger partial charge in [0, 0.05) is 18.7 Å². The highest BCUT2D eigenvalue weighted by molar-refractivity contribution is 7.92. The van der Waals surface area contributed by atoms with E-state index >= 15 is 0 Å². The van der Waals surface area contributed by atoms with E-state index in [1.165, 1.54) is 25.1 Å². The summed E-state index contributed by atoms with van der Waals surface area (Å²) in [7, 11) is -4.25. The molecule has 0 aliphatic rings. The van der Waals surface area contributed by atoms with Crippen LogP contribution in [0, 0.1) is 24.0 Å². The van der Waals surface area contributed by atoms with Crippen LogP contribution in [0.1, 0.15) is 21.5 Å². The first-order chi connectivity index (χ1) is 13.1. The fourth-order valence-electron chi connectivity index (χ4n) is 2.50. The molecule has 11 heteroatoms. The summed E-state index contributed by atoms with van der Waals surface area (Å²) in [6.07, 6.45) is 0. The minimum absolute atomic E-state index is 0.0964. The van der Waals surface area contributed by atoms with Crippen LogP contribution in [0.2, 0.25) is 0 Å². The Morgan fingerprint density at radius 2 is 1.86 bits per heavy atom. The topological polar surface area (TPSA) is 159 Å². The van der Waals surface area contributed by atoms with Gasteiger partial charge < -0.3 is 15.5 Å². The van der Waals surface area contributed by atoms with E-state index in [2.05, 4.69) is 10.0 Å². The molecule has 0 atom stereocenters. The van der Waals surface area contributed by atoms with Crippen LogP contribution in [0.5, 0.6) is 0 Å². The Morgan fingerprint density at radius 3 is 2.43 bits per heavy atom. The minimum Gasteiger partial charge on any atom is -0.478 e. The SMILES string of the molecule is Cc1cc(C(=O)O)cc(S(=O)(=O)Nc2cc([N+](=O)[O-])ccc2NCCO)c1C. The molecule has 0 amide bonds. The molecule has 4 N–H and O–H groups in total. The average Bonchev–Trinajstić information content (AvgIpc) is 2.61. The Kier molecular flexibility index (Phi) is 6.21. The van der Waals surface area contributed by atoms with Gasteiger partial charge in [0.15, 0.2) is 0 Å². The number of carboxylic acid groups (broad SMARTS) is 1. The van der Waals surface area contributed by atoms with Crippen molar-refractivity contribution in [2.45, 2.75) is 18.7 Å². The molecule has 10 nitrogen and oxygen atoms in total. The lowest BCUT2D eigenvalue weighted by Gasteiger charge is -2.16. The third-order valence-electron chi connectivity index (χ3n) is 4.04. The predicted molar refractivity (Wildman–Crippen MR) is 102 cm³/mol. The molecule has 28 heavy (non-hydrogen) atoms. The number of aryl methyl sites for hydroxylation is 1. The van der Waals surface area contributed by atoms with Gasteiger partial charge in [-0.3, -0.25) is 14.8 Å². The van der Waals surface area contributed by atoms with Crippen molar-refractivity contribution in [2.75, 3.05) is 23.2 Å². The van der Waals surface area contributed by atoms with Gasteiger partial charge in [0.2, 0.25) is 0 Å². The van der Waals surface area contributed by atoms with Gasteiger partial charge in [-0.2, -0.15) is 0 Å². The third kappa shape index (κ3) is 4.56. The van der Waals surface area contributed by atoms with Crippen molar-refractivity contribution in [1.29, 1.82) is 0 Å². The summed E-state index contributed by atoms with van der Waals surface area (Å²) in [4.78, 5) is 21.4. The number of rotatable bonds is 8. The van der Waals surface area contributed by atoms with Crippen LogP contribution in [-0.4, -0.2) is 42.7 Å². The first kappa shape index (κ1) is 21.1. The quantitative estimate of drug-likeness (QED) is 0.381. The van der Waals surface area contributed by atoms with Gasteiger partial charge in [0.1, 0.15) is 0 Å². The van der Waals surface area contributed by atoms with E-state index in [4.69, 9.17) is 5.11 Å². The minimum atomic E-state index is -4.25. The maximum Gasteiger partial charge on any atom is 0.335 e. The van der Waals surface area contributed by atoms with Crippen molar-refractivity contribution in [3.05, 3.63) is 57.1 Å². The van der Waals surface area contributed by atoms with Crippen LogP contribution in [-0.2, 0) is 10.0 Å². The molecular weight excluding hydrogens is 390 g/mol. The number of carboxylic acids is 1. The van der Waals surface area contributed by atoms with Gasteiger partial charge in [-0.25, -0.2) is 13.2 Å². The first-order valence-electron chi connectivity index (χ1n) is 8.07. The second-order valence-electron chi connectivity index (χ2n) is 5.96. The summed E-state index contributed by atoms with van der Waals surface area (Å²) in [6.45, 7) is 2.98. The number of nitro groups is 1.